The number of ketones is 1. The lowest BCUT2D eigenvalue weighted by Crippen LogP contribution is -1.93. The number of carbonyl (C=O) groups excluding carboxylic acids is 1. The number of carbonyl (C=O) groups is 1. The van der Waals surface area contributed by atoms with Crippen LogP contribution in [0.3, 0.4) is 0 Å². The lowest BCUT2D eigenvalue weighted by atomic mass is 10.2. The van der Waals surface area contributed by atoms with Crippen molar-refractivity contribution in [3.63, 3.8) is 0 Å². The number of rotatable bonds is 3. The molecular formula is C12H10N2O. The van der Waals surface area contributed by atoms with Crippen molar-refractivity contribution >= 4 is 11.9 Å². The molecule has 15 heavy (non-hydrogen) atoms. The molecule has 1 aromatic carbocycles. The summed E-state index contributed by atoms with van der Waals surface area (Å²) < 4.78 is 0. The van der Waals surface area contributed by atoms with E-state index in [1.54, 1.807) is 6.08 Å². The minimum absolute atomic E-state index is 0.0728. The van der Waals surface area contributed by atoms with Crippen LogP contribution in [0.4, 0.5) is 0 Å². The van der Waals surface area contributed by atoms with E-state index in [9.17, 15) is 4.79 Å². The van der Waals surface area contributed by atoms with Crippen LogP contribution in [0.15, 0.2) is 48.9 Å². The highest BCUT2D eigenvalue weighted by Crippen LogP contribution is 2.03. The lowest BCUT2D eigenvalue weighted by molar-refractivity contribution is 0.104. The Hall–Kier alpha value is -2.16. The minimum Gasteiger partial charge on any atom is -0.342 e. The van der Waals surface area contributed by atoms with E-state index in [-0.39, 0.29) is 5.78 Å². The molecule has 0 spiro atoms. The average Bonchev–Trinajstić information content (AvgIpc) is 2.81. The van der Waals surface area contributed by atoms with E-state index in [1.165, 1.54) is 18.6 Å². The van der Waals surface area contributed by atoms with Crippen molar-refractivity contribution in [1.82, 2.24) is 9.97 Å². The number of aromatic nitrogens is 2. The van der Waals surface area contributed by atoms with Crippen LogP contribution in [0.2, 0.25) is 0 Å². The fourth-order valence-electron chi connectivity index (χ4n) is 1.22. The quantitative estimate of drug-likeness (QED) is 0.607. The van der Waals surface area contributed by atoms with E-state index in [4.69, 9.17) is 0 Å². The average molecular weight is 198 g/mol. The number of imidazole rings is 1. The van der Waals surface area contributed by atoms with Gasteiger partial charge in [0.15, 0.2) is 0 Å². The highest BCUT2D eigenvalue weighted by Gasteiger charge is 2.00. The van der Waals surface area contributed by atoms with Crippen LogP contribution < -0.4 is 0 Å². The van der Waals surface area contributed by atoms with Gasteiger partial charge in [0.05, 0.1) is 12.5 Å². The van der Waals surface area contributed by atoms with Crippen molar-refractivity contribution in [1.29, 1.82) is 0 Å². The number of H-pyrrole nitrogens is 1. The second kappa shape index (κ2) is 4.37. The molecule has 0 unspecified atom stereocenters. The summed E-state index contributed by atoms with van der Waals surface area (Å²) in [5.74, 6) is -0.0728. The standard InChI is InChI=1S/C12H10N2O/c15-12(11-8-13-9-14-11)7-6-10-4-2-1-3-5-10/h1-9H,(H,13,14). The maximum Gasteiger partial charge on any atom is 0.203 e. The van der Waals surface area contributed by atoms with Gasteiger partial charge in [0, 0.05) is 0 Å². The maximum atomic E-state index is 11.5. The van der Waals surface area contributed by atoms with Crippen LogP contribution in [0.1, 0.15) is 16.1 Å². The molecular weight excluding hydrogens is 188 g/mol. The third kappa shape index (κ3) is 2.40. The van der Waals surface area contributed by atoms with Gasteiger partial charge < -0.3 is 4.98 Å². The predicted octanol–water partition coefficient (Wildman–Crippen LogP) is 2.31. The molecule has 0 aliphatic heterocycles. The van der Waals surface area contributed by atoms with Crippen molar-refractivity contribution in [3.05, 3.63) is 60.2 Å². The molecule has 0 fully saturated rings. The molecule has 1 aromatic heterocycles. The molecule has 1 N–H and O–H groups in total. The highest BCUT2D eigenvalue weighted by atomic mass is 16.1. The lowest BCUT2D eigenvalue weighted by Gasteiger charge is -1.90. The van der Waals surface area contributed by atoms with E-state index in [0.717, 1.165) is 5.56 Å². The largest absolute Gasteiger partial charge is 0.342 e. The van der Waals surface area contributed by atoms with Gasteiger partial charge in [-0.05, 0) is 11.6 Å². The second-order valence-corrected chi connectivity index (χ2v) is 3.07. The van der Waals surface area contributed by atoms with E-state index in [1.807, 2.05) is 30.3 Å². The Labute approximate surface area is 87.5 Å². The molecule has 0 bridgehead atoms. The molecule has 0 saturated carbocycles. The highest BCUT2D eigenvalue weighted by molar-refractivity contribution is 6.05. The molecule has 3 heteroatoms. The molecule has 0 atom stereocenters. The first-order chi connectivity index (χ1) is 7.36. The molecule has 2 rings (SSSR count). The van der Waals surface area contributed by atoms with Crippen LogP contribution in [-0.2, 0) is 0 Å². The molecule has 74 valence electrons. The zero-order valence-electron chi connectivity index (χ0n) is 8.05. The van der Waals surface area contributed by atoms with Crippen molar-refractivity contribution in [2.45, 2.75) is 0 Å². The van der Waals surface area contributed by atoms with Crippen LogP contribution in [0.5, 0.6) is 0 Å². The smallest absolute Gasteiger partial charge is 0.203 e. The van der Waals surface area contributed by atoms with Gasteiger partial charge in [0.25, 0.3) is 0 Å². The maximum absolute atomic E-state index is 11.5. The fourth-order valence-corrected chi connectivity index (χ4v) is 1.22. The molecule has 2 aromatic rings. The van der Waals surface area contributed by atoms with Gasteiger partial charge in [-0.2, -0.15) is 0 Å². The zero-order valence-corrected chi connectivity index (χ0v) is 8.05. The monoisotopic (exact) mass is 198 g/mol. The SMILES string of the molecule is O=C(C=Cc1ccccc1)c1cnc[nH]1. The van der Waals surface area contributed by atoms with Crippen LogP contribution in [-0.4, -0.2) is 15.8 Å². The Balaban J connectivity index is 2.10. The summed E-state index contributed by atoms with van der Waals surface area (Å²) in [5, 5.41) is 0. The van der Waals surface area contributed by atoms with Crippen LogP contribution in [0.25, 0.3) is 6.08 Å². The number of benzene rings is 1. The van der Waals surface area contributed by atoms with E-state index in [2.05, 4.69) is 9.97 Å². The van der Waals surface area contributed by atoms with Gasteiger partial charge in [0.2, 0.25) is 5.78 Å². The number of nitrogens with zero attached hydrogens (tertiary/aromatic N) is 1. The minimum atomic E-state index is -0.0728. The Kier molecular flexibility index (Phi) is 2.74. The van der Waals surface area contributed by atoms with Crippen LogP contribution >= 0.6 is 0 Å². The Bertz CT molecular complexity index is 458. The first-order valence-electron chi connectivity index (χ1n) is 4.62. The normalized spacial score (nSPS) is 10.7. The molecule has 1 heterocycles. The summed E-state index contributed by atoms with van der Waals surface area (Å²) in [4.78, 5) is 18.1. The summed E-state index contributed by atoms with van der Waals surface area (Å²) >= 11 is 0. The summed E-state index contributed by atoms with van der Waals surface area (Å²) in [5.41, 5.74) is 1.51. The topological polar surface area (TPSA) is 45.8 Å². The number of aromatic amines is 1. The third-order valence-corrected chi connectivity index (χ3v) is 1.99. The summed E-state index contributed by atoms with van der Waals surface area (Å²) in [6.45, 7) is 0. The van der Waals surface area contributed by atoms with Gasteiger partial charge in [-0.3, -0.25) is 4.79 Å². The van der Waals surface area contributed by atoms with Gasteiger partial charge >= 0.3 is 0 Å². The van der Waals surface area contributed by atoms with E-state index in [0.29, 0.717) is 5.69 Å². The number of hydrogen-bond acceptors (Lipinski definition) is 2. The number of hydrogen-bond donors (Lipinski definition) is 1. The van der Waals surface area contributed by atoms with Crippen molar-refractivity contribution < 1.29 is 4.79 Å². The molecule has 0 aliphatic rings. The van der Waals surface area contributed by atoms with Gasteiger partial charge in [0.1, 0.15) is 5.69 Å². The first-order valence-corrected chi connectivity index (χ1v) is 4.62. The fraction of sp³-hybridized carbons (Fsp3) is 0. The zero-order chi connectivity index (χ0) is 10.5. The van der Waals surface area contributed by atoms with Crippen molar-refractivity contribution in [3.8, 4) is 0 Å². The van der Waals surface area contributed by atoms with Gasteiger partial charge in [-0.15, -0.1) is 0 Å². The Morgan fingerprint density at radius 2 is 2.07 bits per heavy atom. The molecule has 0 amide bonds. The van der Waals surface area contributed by atoms with Crippen molar-refractivity contribution in [2.24, 2.45) is 0 Å². The van der Waals surface area contributed by atoms with Crippen molar-refractivity contribution in [2.75, 3.05) is 0 Å². The summed E-state index contributed by atoms with van der Waals surface area (Å²) in [6, 6.07) is 9.68. The second-order valence-electron chi connectivity index (χ2n) is 3.07. The molecule has 0 saturated heterocycles. The third-order valence-electron chi connectivity index (χ3n) is 1.99. The summed E-state index contributed by atoms with van der Waals surface area (Å²) in [6.07, 6.45) is 6.31. The molecule has 0 radical (unpaired) electrons. The Morgan fingerprint density at radius 3 is 2.73 bits per heavy atom. The van der Waals surface area contributed by atoms with Gasteiger partial charge in [-0.1, -0.05) is 36.4 Å². The molecule has 0 aliphatic carbocycles. The molecule has 3 nitrogen and oxygen atoms in total. The summed E-state index contributed by atoms with van der Waals surface area (Å²) in [7, 11) is 0. The Morgan fingerprint density at radius 1 is 1.27 bits per heavy atom. The van der Waals surface area contributed by atoms with E-state index < -0.39 is 0 Å². The first kappa shape index (κ1) is 9.40. The number of allylic oxidation sites excluding steroid dienone is 1. The van der Waals surface area contributed by atoms with Gasteiger partial charge in [-0.25, -0.2) is 4.98 Å². The predicted molar refractivity (Wildman–Crippen MR) is 58.4 cm³/mol. The number of nitrogens with one attached hydrogen (secondary N) is 1. The van der Waals surface area contributed by atoms with Crippen LogP contribution in [0, 0.1) is 0 Å². The van der Waals surface area contributed by atoms with E-state index >= 15 is 0 Å².